The molecule has 2 heterocycles. The largest absolute Gasteiger partial charge is 0.484 e. The quantitative estimate of drug-likeness (QED) is 0.376. The summed E-state index contributed by atoms with van der Waals surface area (Å²) in [5.74, 6) is -0.0285. The number of benzene rings is 2. The third-order valence-electron chi connectivity index (χ3n) is 5.56. The highest BCUT2D eigenvalue weighted by Crippen LogP contribution is 2.31. The number of methoxy groups -OCH3 is 1. The lowest BCUT2D eigenvalue weighted by molar-refractivity contribution is -0.120. The number of nitrogens with one attached hydrogen (secondary N) is 1. The van der Waals surface area contributed by atoms with Gasteiger partial charge < -0.3 is 19.6 Å². The SMILES string of the molecule is COCCN(C(=O)COc1ccc2oc3ccccc3c2c1)c1c(N)n(CC(C)C)c(=O)[nH]c1=O. The Balaban J connectivity index is 1.62. The average molecular weight is 481 g/mol. The van der Waals surface area contributed by atoms with E-state index in [0.29, 0.717) is 11.3 Å². The summed E-state index contributed by atoms with van der Waals surface area (Å²) in [5, 5.41) is 1.80. The summed E-state index contributed by atoms with van der Waals surface area (Å²) in [7, 11) is 1.48. The maximum absolute atomic E-state index is 13.2. The lowest BCUT2D eigenvalue weighted by atomic mass is 10.1. The van der Waals surface area contributed by atoms with Crippen LogP contribution in [0.3, 0.4) is 0 Å². The van der Waals surface area contributed by atoms with Gasteiger partial charge >= 0.3 is 5.69 Å². The number of fused-ring (bicyclic) bond motifs is 3. The van der Waals surface area contributed by atoms with Gasteiger partial charge in [-0.25, -0.2) is 4.79 Å². The third-order valence-corrected chi connectivity index (χ3v) is 5.56. The predicted molar refractivity (Wildman–Crippen MR) is 134 cm³/mol. The van der Waals surface area contributed by atoms with Crippen molar-refractivity contribution in [3.63, 3.8) is 0 Å². The standard InChI is InChI=1S/C25H28N4O6/c1-15(2)13-29-23(26)22(24(31)27-25(29)32)28(10-11-33-3)21(30)14-34-16-8-9-20-18(12-16)17-6-4-5-7-19(17)35-20/h4-9,12,15H,10-11,13-14,26H2,1-3H3,(H,27,31,32). The highest BCUT2D eigenvalue weighted by atomic mass is 16.5. The number of aromatic amines is 1. The van der Waals surface area contributed by atoms with Crippen molar-refractivity contribution < 1.29 is 18.7 Å². The second-order valence-corrected chi connectivity index (χ2v) is 8.58. The Morgan fingerprint density at radius 1 is 1.14 bits per heavy atom. The van der Waals surface area contributed by atoms with E-state index in [4.69, 9.17) is 19.6 Å². The van der Waals surface area contributed by atoms with Crippen LogP contribution < -0.4 is 26.6 Å². The smallest absolute Gasteiger partial charge is 0.330 e. The van der Waals surface area contributed by atoms with Crippen LogP contribution in [0.1, 0.15) is 13.8 Å². The number of hydrogen-bond acceptors (Lipinski definition) is 7. The molecule has 0 fully saturated rings. The maximum Gasteiger partial charge on any atom is 0.330 e. The molecule has 0 saturated heterocycles. The number of H-pyrrole nitrogens is 1. The Labute approximate surface area is 200 Å². The van der Waals surface area contributed by atoms with Gasteiger partial charge in [0.1, 0.15) is 22.7 Å². The Kier molecular flexibility index (Phi) is 6.92. The number of carbonyl (C=O) groups is 1. The summed E-state index contributed by atoms with van der Waals surface area (Å²) in [6.45, 7) is 3.97. The number of furan rings is 1. The van der Waals surface area contributed by atoms with Crippen LogP contribution in [0, 0.1) is 5.92 Å². The number of amides is 1. The molecular formula is C25H28N4O6. The lowest BCUT2D eigenvalue weighted by Gasteiger charge is -2.24. The molecular weight excluding hydrogens is 452 g/mol. The summed E-state index contributed by atoms with van der Waals surface area (Å²) >= 11 is 0. The molecule has 3 N–H and O–H groups in total. The molecule has 0 aliphatic carbocycles. The second-order valence-electron chi connectivity index (χ2n) is 8.58. The Hall–Kier alpha value is -4.05. The van der Waals surface area contributed by atoms with Crippen LogP contribution in [0.5, 0.6) is 5.75 Å². The van der Waals surface area contributed by atoms with Gasteiger partial charge in [-0.3, -0.25) is 24.0 Å². The zero-order valence-electron chi connectivity index (χ0n) is 19.9. The number of ether oxygens (including phenoxy) is 2. The Morgan fingerprint density at radius 2 is 1.89 bits per heavy atom. The van der Waals surface area contributed by atoms with Gasteiger partial charge in [-0.2, -0.15) is 0 Å². The summed E-state index contributed by atoms with van der Waals surface area (Å²) < 4.78 is 18.0. The highest BCUT2D eigenvalue weighted by molar-refractivity contribution is 6.05. The number of carbonyl (C=O) groups excluding carboxylic acids is 1. The number of anilines is 2. The van der Waals surface area contributed by atoms with Gasteiger partial charge in [-0.15, -0.1) is 0 Å². The van der Waals surface area contributed by atoms with Crippen LogP contribution >= 0.6 is 0 Å². The van der Waals surface area contributed by atoms with Gasteiger partial charge in [0.2, 0.25) is 0 Å². The van der Waals surface area contributed by atoms with E-state index < -0.39 is 17.2 Å². The minimum Gasteiger partial charge on any atom is -0.484 e. The van der Waals surface area contributed by atoms with E-state index in [-0.39, 0.29) is 43.7 Å². The van der Waals surface area contributed by atoms with Gasteiger partial charge in [-0.05, 0) is 30.2 Å². The van der Waals surface area contributed by atoms with Crippen molar-refractivity contribution in [3.05, 3.63) is 63.3 Å². The van der Waals surface area contributed by atoms with Crippen LogP contribution in [0.2, 0.25) is 0 Å². The van der Waals surface area contributed by atoms with Gasteiger partial charge in [-0.1, -0.05) is 32.0 Å². The normalized spacial score (nSPS) is 11.4. The molecule has 0 aliphatic rings. The van der Waals surface area contributed by atoms with Crippen molar-refractivity contribution in [1.82, 2.24) is 9.55 Å². The fraction of sp³-hybridized carbons (Fsp3) is 0.320. The molecule has 35 heavy (non-hydrogen) atoms. The molecule has 184 valence electrons. The van der Waals surface area contributed by atoms with Crippen LogP contribution in [-0.2, 0) is 16.1 Å². The number of rotatable bonds is 9. The number of nitrogens with two attached hydrogens (primary N) is 1. The van der Waals surface area contributed by atoms with Crippen molar-refractivity contribution in [3.8, 4) is 5.75 Å². The monoisotopic (exact) mass is 480 g/mol. The molecule has 0 bridgehead atoms. The van der Waals surface area contributed by atoms with Gasteiger partial charge in [0, 0.05) is 31.0 Å². The molecule has 10 heteroatoms. The molecule has 4 aromatic rings. The second kappa shape index (κ2) is 10.1. The summed E-state index contributed by atoms with van der Waals surface area (Å²) in [5.41, 5.74) is 6.20. The molecule has 4 rings (SSSR count). The first kappa shape index (κ1) is 24.1. The first-order valence-corrected chi connectivity index (χ1v) is 11.3. The molecule has 0 aliphatic heterocycles. The molecule has 0 spiro atoms. The third kappa shape index (κ3) is 4.92. The van der Waals surface area contributed by atoms with Crippen LogP contribution in [-0.4, -0.2) is 42.3 Å². The Morgan fingerprint density at radius 3 is 2.63 bits per heavy atom. The molecule has 0 atom stereocenters. The molecule has 0 saturated carbocycles. The minimum atomic E-state index is -0.747. The fourth-order valence-electron chi connectivity index (χ4n) is 3.95. The molecule has 0 radical (unpaired) electrons. The van der Waals surface area contributed by atoms with Crippen LogP contribution in [0.15, 0.2) is 56.5 Å². The number of hydrogen-bond donors (Lipinski definition) is 2. The summed E-state index contributed by atoms with van der Waals surface area (Å²) in [4.78, 5) is 41.7. The zero-order valence-corrected chi connectivity index (χ0v) is 19.9. The van der Waals surface area contributed by atoms with Crippen LogP contribution in [0.4, 0.5) is 11.5 Å². The first-order chi connectivity index (χ1) is 16.8. The number of nitrogen functional groups attached to an aromatic ring is 1. The summed E-state index contributed by atoms with van der Waals surface area (Å²) in [6.07, 6.45) is 0. The van der Waals surface area contributed by atoms with Crippen molar-refractivity contribution in [2.75, 3.05) is 37.5 Å². The first-order valence-electron chi connectivity index (χ1n) is 11.3. The van der Waals surface area contributed by atoms with E-state index in [1.165, 1.54) is 16.6 Å². The van der Waals surface area contributed by atoms with E-state index in [0.717, 1.165) is 16.4 Å². The van der Waals surface area contributed by atoms with E-state index in [1.54, 1.807) is 18.2 Å². The minimum absolute atomic E-state index is 0.0528. The molecule has 2 aromatic heterocycles. The van der Waals surface area contributed by atoms with Crippen molar-refractivity contribution in [2.45, 2.75) is 20.4 Å². The van der Waals surface area contributed by atoms with E-state index in [9.17, 15) is 14.4 Å². The number of para-hydroxylation sites is 1. The average Bonchev–Trinajstić information content (AvgIpc) is 3.20. The van der Waals surface area contributed by atoms with Gasteiger partial charge in [0.15, 0.2) is 12.3 Å². The van der Waals surface area contributed by atoms with E-state index in [1.807, 2.05) is 38.1 Å². The molecule has 1 amide bonds. The predicted octanol–water partition coefficient (Wildman–Crippen LogP) is 2.73. The highest BCUT2D eigenvalue weighted by Gasteiger charge is 2.25. The van der Waals surface area contributed by atoms with Crippen molar-refractivity contribution in [2.24, 2.45) is 5.92 Å². The maximum atomic E-state index is 13.2. The van der Waals surface area contributed by atoms with Crippen LogP contribution in [0.25, 0.3) is 21.9 Å². The van der Waals surface area contributed by atoms with E-state index in [2.05, 4.69) is 4.98 Å². The Bertz CT molecular complexity index is 1480. The van der Waals surface area contributed by atoms with E-state index >= 15 is 0 Å². The lowest BCUT2D eigenvalue weighted by Crippen LogP contribution is -2.44. The number of aromatic nitrogens is 2. The van der Waals surface area contributed by atoms with Crippen molar-refractivity contribution in [1.29, 1.82) is 0 Å². The van der Waals surface area contributed by atoms with Gasteiger partial charge in [0.05, 0.1) is 6.61 Å². The number of nitrogens with zero attached hydrogens (tertiary/aromatic N) is 2. The summed E-state index contributed by atoms with van der Waals surface area (Å²) in [6, 6.07) is 12.9. The van der Waals surface area contributed by atoms with Gasteiger partial charge in [0.25, 0.3) is 11.5 Å². The fourth-order valence-corrected chi connectivity index (χ4v) is 3.95. The molecule has 10 nitrogen and oxygen atoms in total. The zero-order chi connectivity index (χ0) is 25.1. The molecule has 2 aromatic carbocycles. The van der Waals surface area contributed by atoms with Crippen molar-refractivity contribution >= 4 is 39.4 Å². The molecule has 0 unspecified atom stereocenters. The topological polar surface area (TPSA) is 133 Å².